The van der Waals surface area contributed by atoms with Gasteiger partial charge in [0.05, 0.1) is 0 Å². The standard InChI is InChI=1S/C12H17N3O/c16-12(11-5-1-2-7-14-11)15-9-6-10-4-3-8-13-10/h1-2,5,7,10,13H,3-4,6,8-9H2,(H,15,16)/t10-/m1/s1. The van der Waals surface area contributed by atoms with E-state index in [1.165, 1.54) is 12.8 Å². The van der Waals surface area contributed by atoms with Gasteiger partial charge in [-0.25, -0.2) is 0 Å². The summed E-state index contributed by atoms with van der Waals surface area (Å²) in [7, 11) is 0. The lowest BCUT2D eigenvalue weighted by atomic mass is 10.1. The lowest BCUT2D eigenvalue weighted by molar-refractivity contribution is 0.0947. The Morgan fingerprint density at radius 1 is 1.56 bits per heavy atom. The van der Waals surface area contributed by atoms with Crippen molar-refractivity contribution in [1.82, 2.24) is 15.6 Å². The molecule has 0 unspecified atom stereocenters. The van der Waals surface area contributed by atoms with E-state index >= 15 is 0 Å². The van der Waals surface area contributed by atoms with Gasteiger partial charge in [0.25, 0.3) is 5.91 Å². The van der Waals surface area contributed by atoms with Crippen molar-refractivity contribution in [2.45, 2.75) is 25.3 Å². The maximum absolute atomic E-state index is 11.6. The second-order valence-corrected chi connectivity index (χ2v) is 4.05. The molecule has 1 aromatic heterocycles. The largest absolute Gasteiger partial charge is 0.351 e. The molecule has 4 nitrogen and oxygen atoms in total. The lowest BCUT2D eigenvalue weighted by Crippen LogP contribution is -2.30. The van der Waals surface area contributed by atoms with Crippen molar-refractivity contribution in [2.75, 3.05) is 13.1 Å². The highest BCUT2D eigenvalue weighted by Gasteiger charge is 2.13. The minimum atomic E-state index is -0.0846. The summed E-state index contributed by atoms with van der Waals surface area (Å²) in [6, 6.07) is 5.92. The first-order valence-corrected chi connectivity index (χ1v) is 5.79. The molecule has 4 heteroatoms. The number of nitrogens with zero attached hydrogens (tertiary/aromatic N) is 1. The summed E-state index contributed by atoms with van der Waals surface area (Å²) < 4.78 is 0. The van der Waals surface area contributed by atoms with Gasteiger partial charge in [-0.3, -0.25) is 9.78 Å². The molecule has 1 aliphatic rings. The van der Waals surface area contributed by atoms with Crippen LogP contribution in [0.5, 0.6) is 0 Å². The van der Waals surface area contributed by atoms with Gasteiger partial charge in [-0.05, 0) is 37.9 Å². The summed E-state index contributed by atoms with van der Waals surface area (Å²) >= 11 is 0. The Balaban J connectivity index is 1.71. The number of hydrogen-bond acceptors (Lipinski definition) is 3. The van der Waals surface area contributed by atoms with Gasteiger partial charge in [0.1, 0.15) is 5.69 Å². The molecule has 0 radical (unpaired) electrons. The van der Waals surface area contributed by atoms with E-state index in [1.807, 2.05) is 6.07 Å². The predicted molar refractivity (Wildman–Crippen MR) is 62.2 cm³/mol. The van der Waals surface area contributed by atoms with Crippen LogP contribution in [0.25, 0.3) is 0 Å². The van der Waals surface area contributed by atoms with E-state index < -0.39 is 0 Å². The van der Waals surface area contributed by atoms with Crippen LogP contribution >= 0.6 is 0 Å². The Labute approximate surface area is 95.5 Å². The second-order valence-electron chi connectivity index (χ2n) is 4.05. The van der Waals surface area contributed by atoms with Gasteiger partial charge in [-0.1, -0.05) is 6.07 Å². The van der Waals surface area contributed by atoms with Gasteiger partial charge < -0.3 is 10.6 Å². The Hall–Kier alpha value is -1.42. The van der Waals surface area contributed by atoms with Crippen molar-refractivity contribution in [1.29, 1.82) is 0 Å². The molecule has 0 aromatic carbocycles. The topological polar surface area (TPSA) is 54.0 Å². The van der Waals surface area contributed by atoms with Crippen molar-refractivity contribution < 1.29 is 4.79 Å². The van der Waals surface area contributed by atoms with Crippen LogP contribution in [0.1, 0.15) is 29.8 Å². The van der Waals surface area contributed by atoms with E-state index in [2.05, 4.69) is 15.6 Å². The van der Waals surface area contributed by atoms with Crippen molar-refractivity contribution in [2.24, 2.45) is 0 Å². The third-order valence-corrected chi connectivity index (χ3v) is 2.84. The summed E-state index contributed by atoms with van der Waals surface area (Å²) in [5.41, 5.74) is 0.488. The fourth-order valence-electron chi connectivity index (χ4n) is 1.95. The zero-order chi connectivity index (χ0) is 11.2. The minimum Gasteiger partial charge on any atom is -0.351 e. The van der Waals surface area contributed by atoms with Crippen molar-refractivity contribution >= 4 is 5.91 Å². The van der Waals surface area contributed by atoms with E-state index in [-0.39, 0.29) is 5.91 Å². The number of pyridine rings is 1. The Kier molecular flexibility index (Phi) is 3.88. The molecule has 2 heterocycles. The van der Waals surface area contributed by atoms with Gasteiger partial charge >= 0.3 is 0 Å². The molecule has 0 aliphatic carbocycles. The fourth-order valence-corrected chi connectivity index (χ4v) is 1.95. The van der Waals surface area contributed by atoms with E-state index in [0.717, 1.165) is 13.0 Å². The molecule has 1 saturated heterocycles. The molecule has 86 valence electrons. The van der Waals surface area contributed by atoms with Gasteiger partial charge in [0.2, 0.25) is 0 Å². The highest BCUT2D eigenvalue weighted by atomic mass is 16.1. The minimum absolute atomic E-state index is 0.0846. The van der Waals surface area contributed by atoms with E-state index in [9.17, 15) is 4.79 Å². The van der Waals surface area contributed by atoms with Crippen LogP contribution < -0.4 is 10.6 Å². The van der Waals surface area contributed by atoms with Crippen molar-refractivity contribution in [3.63, 3.8) is 0 Å². The SMILES string of the molecule is O=C(NCC[C@H]1CCCN1)c1ccccn1. The third kappa shape index (κ3) is 3.03. The Bertz CT molecular complexity index is 333. The maximum atomic E-state index is 11.6. The zero-order valence-electron chi connectivity index (χ0n) is 9.28. The summed E-state index contributed by atoms with van der Waals surface area (Å²) in [6.07, 6.45) is 5.10. The maximum Gasteiger partial charge on any atom is 0.269 e. The average Bonchev–Trinajstić information content (AvgIpc) is 2.83. The van der Waals surface area contributed by atoms with Gasteiger partial charge in [0, 0.05) is 18.8 Å². The molecule has 2 N–H and O–H groups in total. The summed E-state index contributed by atoms with van der Waals surface area (Å²) in [5, 5.41) is 6.29. The number of aromatic nitrogens is 1. The zero-order valence-corrected chi connectivity index (χ0v) is 9.28. The quantitative estimate of drug-likeness (QED) is 0.793. The average molecular weight is 219 g/mol. The van der Waals surface area contributed by atoms with Crippen LogP contribution in [0.2, 0.25) is 0 Å². The molecular weight excluding hydrogens is 202 g/mol. The highest BCUT2D eigenvalue weighted by molar-refractivity contribution is 5.92. The summed E-state index contributed by atoms with van der Waals surface area (Å²) in [5.74, 6) is -0.0846. The molecule has 0 saturated carbocycles. The number of carbonyl (C=O) groups excluding carboxylic acids is 1. The molecular formula is C12H17N3O. The first kappa shape index (κ1) is 11.1. The molecule has 1 aliphatic heterocycles. The lowest BCUT2D eigenvalue weighted by Gasteiger charge is -2.10. The number of nitrogens with one attached hydrogen (secondary N) is 2. The number of carbonyl (C=O) groups is 1. The van der Waals surface area contributed by atoms with Crippen molar-refractivity contribution in [3.05, 3.63) is 30.1 Å². The summed E-state index contributed by atoms with van der Waals surface area (Å²) in [6.45, 7) is 1.83. The number of amides is 1. The fraction of sp³-hybridized carbons (Fsp3) is 0.500. The van der Waals surface area contributed by atoms with E-state index in [4.69, 9.17) is 0 Å². The number of hydrogen-bond donors (Lipinski definition) is 2. The molecule has 1 fully saturated rings. The van der Waals surface area contributed by atoms with Crippen LogP contribution in [-0.4, -0.2) is 30.0 Å². The summed E-state index contributed by atoms with van der Waals surface area (Å²) in [4.78, 5) is 15.6. The van der Waals surface area contributed by atoms with Crippen molar-refractivity contribution in [3.8, 4) is 0 Å². The molecule has 16 heavy (non-hydrogen) atoms. The molecule has 1 aromatic rings. The second kappa shape index (κ2) is 5.61. The normalized spacial score (nSPS) is 19.6. The van der Waals surface area contributed by atoms with Crippen LogP contribution in [0, 0.1) is 0 Å². The third-order valence-electron chi connectivity index (χ3n) is 2.84. The van der Waals surface area contributed by atoms with Gasteiger partial charge in [-0.15, -0.1) is 0 Å². The molecule has 2 rings (SSSR count). The Morgan fingerprint density at radius 2 is 2.50 bits per heavy atom. The monoisotopic (exact) mass is 219 g/mol. The predicted octanol–water partition coefficient (Wildman–Crippen LogP) is 0.953. The first-order chi connectivity index (χ1) is 7.86. The van der Waals surface area contributed by atoms with Crippen LogP contribution in [0.15, 0.2) is 24.4 Å². The van der Waals surface area contributed by atoms with E-state index in [0.29, 0.717) is 18.3 Å². The van der Waals surface area contributed by atoms with Crippen LogP contribution in [0.3, 0.4) is 0 Å². The van der Waals surface area contributed by atoms with Gasteiger partial charge in [0.15, 0.2) is 0 Å². The Morgan fingerprint density at radius 3 is 3.19 bits per heavy atom. The van der Waals surface area contributed by atoms with Crippen LogP contribution in [-0.2, 0) is 0 Å². The van der Waals surface area contributed by atoms with E-state index in [1.54, 1.807) is 18.3 Å². The smallest absolute Gasteiger partial charge is 0.269 e. The van der Waals surface area contributed by atoms with Gasteiger partial charge in [-0.2, -0.15) is 0 Å². The highest BCUT2D eigenvalue weighted by Crippen LogP contribution is 2.07. The molecule has 1 amide bonds. The molecule has 0 bridgehead atoms. The van der Waals surface area contributed by atoms with Crippen LogP contribution in [0.4, 0.5) is 0 Å². The molecule has 1 atom stereocenters. The first-order valence-electron chi connectivity index (χ1n) is 5.79. The molecule has 0 spiro atoms. The number of rotatable bonds is 4.